The highest BCUT2D eigenvalue weighted by Crippen LogP contribution is 2.36. The molecule has 16 heteroatoms. The Hall–Kier alpha value is -4.86. The van der Waals surface area contributed by atoms with Crippen molar-refractivity contribution in [2.45, 2.75) is 4.87 Å². The number of rotatable bonds is 4. The van der Waals surface area contributed by atoms with Crippen LogP contribution in [0.4, 0.5) is 15.3 Å². The minimum atomic E-state index is -4.89. The van der Waals surface area contributed by atoms with Crippen LogP contribution in [0.1, 0.15) is 0 Å². The number of imide groups is 2. The molecule has 0 aliphatic carbocycles. The number of ether oxygens (including phenoxy) is 1. The van der Waals surface area contributed by atoms with Crippen molar-refractivity contribution in [3.05, 3.63) is 49.0 Å². The molecule has 6 amide bonds. The summed E-state index contributed by atoms with van der Waals surface area (Å²) < 4.78 is 37.5. The van der Waals surface area contributed by atoms with Gasteiger partial charge in [0.15, 0.2) is 0 Å². The molecule has 0 unspecified atom stereocenters. The van der Waals surface area contributed by atoms with E-state index in [0.29, 0.717) is 22.1 Å². The third kappa shape index (κ3) is 3.04. The number of nitrogens with one attached hydrogen (secondary N) is 3. The molecule has 0 bridgehead atoms. The number of aromatic nitrogens is 3. The molecule has 34 heavy (non-hydrogen) atoms. The van der Waals surface area contributed by atoms with Crippen LogP contribution in [-0.4, -0.2) is 52.3 Å². The number of nitrogens with zero attached hydrogens (tertiary/aromatic N) is 4. The lowest BCUT2D eigenvalue weighted by molar-refractivity contribution is -0.133. The fourth-order valence-corrected chi connectivity index (χ4v) is 4.89. The summed E-state index contributed by atoms with van der Waals surface area (Å²) in [6.07, 6.45) is 2.22. The van der Waals surface area contributed by atoms with E-state index in [0.717, 1.165) is 6.20 Å². The van der Waals surface area contributed by atoms with E-state index in [1.165, 1.54) is 18.5 Å². The van der Waals surface area contributed by atoms with Gasteiger partial charge in [-0.1, -0.05) is 0 Å². The second-order valence-corrected chi connectivity index (χ2v) is 8.65. The van der Waals surface area contributed by atoms with Crippen LogP contribution in [0.25, 0.3) is 11.5 Å². The van der Waals surface area contributed by atoms with Crippen LogP contribution < -0.4 is 25.0 Å². The van der Waals surface area contributed by atoms with E-state index in [4.69, 9.17) is 9.15 Å². The fourth-order valence-electron chi connectivity index (χ4n) is 3.40. The van der Waals surface area contributed by atoms with Crippen molar-refractivity contribution in [1.29, 1.82) is 0 Å². The molecule has 5 rings (SSSR count). The Morgan fingerprint density at radius 1 is 0.971 bits per heavy atom. The van der Waals surface area contributed by atoms with E-state index in [-0.39, 0.29) is 11.6 Å². The third-order valence-electron chi connectivity index (χ3n) is 4.86. The number of benzene rings is 1. The van der Waals surface area contributed by atoms with Crippen LogP contribution in [0.2, 0.25) is 0 Å². The molecular weight excluding hydrogens is 474 g/mol. The second kappa shape index (κ2) is 7.34. The maximum Gasteiger partial charge on any atom is 0.337 e. The predicted molar refractivity (Wildman–Crippen MR) is 108 cm³/mol. The SMILES string of the molecule is O=C1NC(=O)C2(C(=O)N1)N(c1ccc(Oc3ccc(-c4nnco4)cc3)nc1)C(=O)NS2(=O)=O. The molecule has 2 fully saturated rings. The zero-order valence-corrected chi connectivity index (χ0v) is 17.4. The molecule has 2 aromatic heterocycles. The molecule has 15 nitrogen and oxygen atoms in total. The average molecular weight is 485 g/mol. The summed E-state index contributed by atoms with van der Waals surface area (Å²) in [6, 6.07) is 6.56. The molecule has 0 radical (unpaired) electrons. The minimum Gasteiger partial charge on any atom is -0.439 e. The van der Waals surface area contributed by atoms with Crippen molar-refractivity contribution in [2.24, 2.45) is 0 Å². The molecule has 2 saturated heterocycles. The molecule has 2 aliphatic rings. The van der Waals surface area contributed by atoms with Crippen LogP contribution in [0, 0.1) is 0 Å². The van der Waals surface area contributed by atoms with Crippen molar-refractivity contribution < 1.29 is 36.7 Å². The van der Waals surface area contributed by atoms with Gasteiger partial charge in [-0.3, -0.25) is 25.1 Å². The molecule has 2 aliphatic heterocycles. The summed E-state index contributed by atoms with van der Waals surface area (Å²) in [7, 11) is -4.89. The Labute approximate surface area is 189 Å². The first-order chi connectivity index (χ1) is 16.2. The first kappa shape index (κ1) is 21.0. The Morgan fingerprint density at radius 3 is 2.26 bits per heavy atom. The topological polar surface area (TPSA) is 203 Å². The normalized spacial score (nSPS) is 18.4. The van der Waals surface area contributed by atoms with Gasteiger partial charge < -0.3 is 9.15 Å². The number of barbiturate groups is 1. The maximum atomic E-state index is 12.6. The van der Waals surface area contributed by atoms with E-state index < -0.39 is 38.8 Å². The van der Waals surface area contributed by atoms with Crippen LogP contribution in [-0.2, 0) is 19.6 Å². The first-order valence-electron chi connectivity index (χ1n) is 9.26. The smallest absolute Gasteiger partial charge is 0.337 e. The maximum absolute atomic E-state index is 12.6. The average Bonchev–Trinajstić information content (AvgIpc) is 3.38. The quantitative estimate of drug-likeness (QED) is 0.414. The van der Waals surface area contributed by atoms with E-state index in [1.807, 2.05) is 0 Å². The highest BCUT2D eigenvalue weighted by molar-refractivity contribution is 7.94. The largest absolute Gasteiger partial charge is 0.439 e. The summed E-state index contributed by atoms with van der Waals surface area (Å²) in [5.74, 6) is -2.27. The summed E-state index contributed by atoms with van der Waals surface area (Å²) in [5.41, 5.74) is 0.430. The van der Waals surface area contributed by atoms with Crippen molar-refractivity contribution in [2.75, 3.05) is 4.90 Å². The van der Waals surface area contributed by atoms with Gasteiger partial charge in [0.2, 0.25) is 18.2 Å². The number of carbonyl (C=O) groups excluding carboxylic acids is 4. The van der Waals surface area contributed by atoms with Gasteiger partial charge in [0.1, 0.15) is 5.75 Å². The zero-order valence-electron chi connectivity index (χ0n) is 16.6. The van der Waals surface area contributed by atoms with Crippen LogP contribution in [0.5, 0.6) is 11.6 Å². The molecule has 3 aromatic rings. The van der Waals surface area contributed by atoms with Gasteiger partial charge in [0.25, 0.3) is 21.8 Å². The lowest BCUT2D eigenvalue weighted by Gasteiger charge is -2.34. The first-order valence-corrected chi connectivity index (χ1v) is 10.7. The third-order valence-corrected chi connectivity index (χ3v) is 6.64. The van der Waals surface area contributed by atoms with E-state index in [9.17, 15) is 27.6 Å². The molecule has 1 aromatic carbocycles. The number of hydrogen-bond acceptors (Lipinski definition) is 11. The molecule has 172 valence electrons. The van der Waals surface area contributed by atoms with E-state index in [2.05, 4.69) is 15.2 Å². The van der Waals surface area contributed by atoms with Gasteiger partial charge >= 0.3 is 16.9 Å². The highest BCUT2D eigenvalue weighted by atomic mass is 32.2. The number of carbonyl (C=O) groups is 4. The molecule has 1 spiro atoms. The van der Waals surface area contributed by atoms with Crippen molar-refractivity contribution in [1.82, 2.24) is 30.5 Å². The Kier molecular flexibility index (Phi) is 4.54. The molecule has 4 heterocycles. The number of urea groups is 2. The molecule has 3 N–H and O–H groups in total. The van der Waals surface area contributed by atoms with E-state index in [1.54, 1.807) is 39.6 Å². The lowest BCUT2D eigenvalue weighted by Crippen LogP contribution is -2.74. The number of anilines is 1. The zero-order chi connectivity index (χ0) is 24.1. The Bertz CT molecular complexity index is 1420. The van der Waals surface area contributed by atoms with Crippen molar-refractivity contribution in [3.63, 3.8) is 0 Å². The van der Waals surface area contributed by atoms with Gasteiger partial charge in [0.05, 0.1) is 11.9 Å². The Balaban J connectivity index is 1.43. The number of amides is 6. The van der Waals surface area contributed by atoms with Gasteiger partial charge in [-0.25, -0.2) is 27.7 Å². The van der Waals surface area contributed by atoms with Gasteiger partial charge in [-0.2, -0.15) is 0 Å². The minimum absolute atomic E-state index is 0.0542. The highest BCUT2D eigenvalue weighted by Gasteiger charge is 2.71. The molecular formula is C18H11N7O8S. The van der Waals surface area contributed by atoms with Gasteiger partial charge in [0, 0.05) is 11.6 Å². The van der Waals surface area contributed by atoms with Crippen molar-refractivity contribution in [3.8, 4) is 23.1 Å². The van der Waals surface area contributed by atoms with Crippen molar-refractivity contribution >= 4 is 39.6 Å². The van der Waals surface area contributed by atoms with E-state index >= 15 is 0 Å². The summed E-state index contributed by atoms with van der Waals surface area (Å²) >= 11 is 0. The monoisotopic (exact) mass is 485 g/mol. The number of hydrogen-bond donors (Lipinski definition) is 3. The molecule has 0 atom stereocenters. The Morgan fingerprint density at radius 2 is 1.68 bits per heavy atom. The number of sulfonamides is 1. The molecule has 0 saturated carbocycles. The standard InChI is InChI=1S/C18H11N7O8S/c26-14-18(15(27)22-16(28)21-14)25(17(29)24-34(18,30)31)10-3-6-12(19-7-10)33-11-4-1-9(2-5-11)13-23-20-8-32-13/h1-8H,(H,24,29)(H2,21,22,26,27,28). The fraction of sp³-hybridized carbons (Fsp3) is 0.0556. The second-order valence-electron chi connectivity index (χ2n) is 6.85. The van der Waals surface area contributed by atoms with Gasteiger partial charge in [-0.15, -0.1) is 10.2 Å². The lowest BCUT2D eigenvalue weighted by atomic mass is 10.1. The predicted octanol–water partition coefficient (Wildman–Crippen LogP) is -0.154. The van der Waals surface area contributed by atoms with Crippen LogP contribution in [0.15, 0.2) is 53.4 Å². The van der Waals surface area contributed by atoms with Crippen LogP contribution in [0.3, 0.4) is 0 Å². The summed E-state index contributed by atoms with van der Waals surface area (Å²) in [6.45, 7) is 0. The summed E-state index contributed by atoms with van der Waals surface area (Å²) in [4.78, 5) is 50.3. The number of pyridine rings is 1. The van der Waals surface area contributed by atoms with Crippen LogP contribution >= 0.6 is 0 Å². The summed E-state index contributed by atoms with van der Waals surface area (Å²) in [5, 5.41) is 10.8. The van der Waals surface area contributed by atoms with Gasteiger partial charge in [-0.05, 0) is 30.3 Å².